The Hall–Kier alpha value is -1.88. The highest BCUT2D eigenvalue weighted by atomic mass is 32.1. The Labute approximate surface area is 109 Å². The van der Waals surface area contributed by atoms with Gasteiger partial charge in [-0.2, -0.15) is 0 Å². The summed E-state index contributed by atoms with van der Waals surface area (Å²) in [4.78, 5) is 15.8. The van der Waals surface area contributed by atoms with Gasteiger partial charge in [0, 0.05) is 10.9 Å². The summed E-state index contributed by atoms with van der Waals surface area (Å²) in [5.74, 6) is 0.378. The molecule has 0 saturated heterocycles. The first-order valence-electron chi connectivity index (χ1n) is 5.51. The first kappa shape index (κ1) is 12.6. The molecule has 0 bridgehead atoms. The van der Waals surface area contributed by atoms with Crippen LogP contribution in [0.1, 0.15) is 17.4 Å². The number of hydrogen-bond acceptors (Lipinski definition) is 5. The summed E-state index contributed by atoms with van der Waals surface area (Å²) in [7, 11) is 1.62. The topological polar surface area (TPSA) is 48.4 Å². The van der Waals surface area contributed by atoms with E-state index in [1.165, 1.54) is 11.3 Å². The van der Waals surface area contributed by atoms with Crippen molar-refractivity contribution >= 4 is 17.3 Å². The van der Waals surface area contributed by atoms with Crippen molar-refractivity contribution in [2.24, 2.45) is 0 Å². The Bertz CT molecular complexity index is 551. The van der Waals surface area contributed by atoms with Crippen molar-refractivity contribution in [2.45, 2.75) is 6.92 Å². The lowest BCUT2D eigenvalue weighted by Crippen LogP contribution is -2.04. The standard InChI is InChI=1S/C13H13NO3S/c1-3-17-13(15)11-8-18-12(14-11)9-5-4-6-10(7-9)16-2/h4-8H,3H2,1-2H3. The second-order valence-corrected chi connectivity index (χ2v) is 4.35. The fraction of sp³-hybridized carbons (Fsp3) is 0.231. The van der Waals surface area contributed by atoms with E-state index in [0.717, 1.165) is 16.3 Å². The third kappa shape index (κ3) is 2.68. The second kappa shape index (κ2) is 5.64. The molecule has 94 valence electrons. The van der Waals surface area contributed by atoms with Crippen LogP contribution < -0.4 is 4.74 Å². The molecule has 0 aliphatic rings. The highest BCUT2D eigenvalue weighted by Gasteiger charge is 2.12. The Kier molecular flexibility index (Phi) is 3.94. The van der Waals surface area contributed by atoms with Crippen LogP contribution in [-0.2, 0) is 4.74 Å². The summed E-state index contributed by atoms with van der Waals surface area (Å²) in [6, 6.07) is 7.56. The molecular weight excluding hydrogens is 250 g/mol. The molecule has 5 heteroatoms. The van der Waals surface area contributed by atoms with E-state index in [-0.39, 0.29) is 5.97 Å². The Morgan fingerprint density at radius 2 is 2.28 bits per heavy atom. The average Bonchev–Trinajstić information content (AvgIpc) is 2.89. The Balaban J connectivity index is 2.26. The predicted octanol–water partition coefficient (Wildman–Crippen LogP) is 3.00. The number of nitrogens with zero attached hydrogens (tertiary/aromatic N) is 1. The monoisotopic (exact) mass is 263 g/mol. The number of hydrogen-bond donors (Lipinski definition) is 0. The smallest absolute Gasteiger partial charge is 0.357 e. The van der Waals surface area contributed by atoms with Crippen LogP contribution in [-0.4, -0.2) is 24.7 Å². The van der Waals surface area contributed by atoms with E-state index < -0.39 is 0 Å². The Morgan fingerprint density at radius 1 is 1.44 bits per heavy atom. The zero-order chi connectivity index (χ0) is 13.0. The van der Waals surface area contributed by atoms with E-state index in [4.69, 9.17) is 9.47 Å². The largest absolute Gasteiger partial charge is 0.497 e. The van der Waals surface area contributed by atoms with Gasteiger partial charge in [-0.05, 0) is 19.1 Å². The van der Waals surface area contributed by atoms with Crippen LogP contribution in [0.5, 0.6) is 5.75 Å². The van der Waals surface area contributed by atoms with Crippen molar-refractivity contribution < 1.29 is 14.3 Å². The zero-order valence-corrected chi connectivity index (χ0v) is 11.0. The van der Waals surface area contributed by atoms with Crippen LogP contribution >= 0.6 is 11.3 Å². The van der Waals surface area contributed by atoms with Crippen LogP contribution in [0, 0.1) is 0 Å². The highest BCUT2D eigenvalue weighted by molar-refractivity contribution is 7.13. The van der Waals surface area contributed by atoms with Gasteiger partial charge in [0.05, 0.1) is 13.7 Å². The van der Waals surface area contributed by atoms with Crippen LogP contribution in [0.3, 0.4) is 0 Å². The molecule has 0 saturated carbocycles. The number of carbonyl (C=O) groups is 1. The van der Waals surface area contributed by atoms with Gasteiger partial charge in [0.25, 0.3) is 0 Å². The molecule has 0 atom stereocenters. The van der Waals surface area contributed by atoms with Gasteiger partial charge in [0.2, 0.25) is 0 Å². The van der Waals surface area contributed by atoms with Gasteiger partial charge in [0.15, 0.2) is 5.69 Å². The van der Waals surface area contributed by atoms with E-state index in [9.17, 15) is 4.79 Å². The van der Waals surface area contributed by atoms with E-state index in [2.05, 4.69) is 4.98 Å². The van der Waals surface area contributed by atoms with Crippen LogP contribution in [0.25, 0.3) is 10.6 Å². The van der Waals surface area contributed by atoms with E-state index in [0.29, 0.717) is 12.3 Å². The van der Waals surface area contributed by atoms with Gasteiger partial charge in [-0.15, -0.1) is 11.3 Å². The number of methoxy groups -OCH3 is 1. The van der Waals surface area contributed by atoms with Gasteiger partial charge in [-0.1, -0.05) is 12.1 Å². The van der Waals surface area contributed by atoms with E-state index >= 15 is 0 Å². The van der Waals surface area contributed by atoms with Crippen molar-refractivity contribution in [3.05, 3.63) is 35.3 Å². The molecule has 0 N–H and O–H groups in total. The minimum Gasteiger partial charge on any atom is -0.497 e. The molecule has 0 amide bonds. The third-order valence-electron chi connectivity index (χ3n) is 2.31. The number of benzene rings is 1. The molecule has 1 aromatic carbocycles. The molecular formula is C13H13NO3S. The lowest BCUT2D eigenvalue weighted by atomic mass is 10.2. The molecule has 1 aromatic heterocycles. The van der Waals surface area contributed by atoms with Crippen molar-refractivity contribution in [3.63, 3.8) is 0 Å². The molecule has 0 aliphatic heterocycles. The van der Waals surface area contributed by atoms with Crippen LogP contribution in [0.2, 0.25) is 0 Å². The van der Waals surface area contributed by atoms with Gasteiger partial charge in [-0.3, -0.25) is 0 Å². The number of aromatic nitrogens is 1. The number of esters is 1. The van der Waals surface area contributed by atoms with E-state index in [1.807, 2.05) is 24.3 Å². The second-order valence-electron chi connectivity index (χ2n) is 3.49. The minimum atomic E-state index is -0.386. The summed E-state index contributed by atoms with van der Waals surface area (Å²) < 4.78 is 10.1. The maximum Gasteiger partial charge on any atom is 0.357 e. The van der Waals surface area contributed by atoms with Crippen molar-refractivity contribution in [1.82, 2.24) is 4.98 Å². The normalized spacial score (nSPS) is 10.1. The fourth-order valence-corrected chi connectivity index (χ4v) is 2.25. The molecule has 0 radical (unpaired) electrons. The lowest BCUT2D eigenvalue weighted by Gasteiger charge is -2.01. The molecule has 18 heavy (non-hydrogen) atoms. The van der Waals surface area contributed by atoms with Crippen molar-refractivity contribution in [2.75, 3.05) is 13.7 Å². The number of ether oxygens (including phenoxy) is 2. The quantitative estimate of drug-likeness (QED) is 0.796. The molecule has 0 unspecified atom stereocenters. The maximum absolute atomic E-state index is 11.5. The first-order chi connectivity index (χ1) is 8.74. The lowest BCUT2D eigenvalue weighted by molar-refractivity contribution is 0.0520. The molecule has 0 aliphatic carbocycles. The van der Waals surface area contributed by atoms with Gasteiger partial charge in [0.1, 0.15) is 10.8 Å². The van der Waals surface area contributed by atoms with Gasteiger partial charge in [-0.25, -0.2) is 9.78 Å². The highest BCUT2D eigenvalue weighted by Crippen LogP contribution is 2.26. The SMILES string of the molecule is CCOC(=O)c1csc(-c2cccc(OC)c2)n1. The van der Waals surface area contributed by atoms with E-state index in [1.54, 1.807) is 19.4 Å². The van der Waals surface area contributed by atoms with Gasteiger partial charge < -0.3 is 9.47 Å². The number of rotatable bonds is 4. The van der Waals surface area contributed by atoms with Crippen LogP contribution in [0.4, 0.5) is 0 Å². The summed E-state index contributed by atoms with van der Waals surface area (Å²) in [5, 5.41) is 2.48. The molecule has 4 nitrogen and oxygen atoms in total. The number of carbonyl (C=O) groups excluding carboxylic acids is 1. The first-order valence-corrected chi connectivity index (χ1v) is 6.39. The molecule has 1 heterocycles. The molecule has 0 fully saturated rings. The summed E-state index contributed by atoms with van der Waals surface area (Å²) in [5.41, 5.74) is 1.27. The third-order valence-corrected chi connectivity index (χ3v) is 3.20. The molecule has 2 aromatic rings. The van der Waals surface area contributed by atoms with Crippen molar-refractivity contribution in [3.8, 4) is 16.3 Å². The molecule has 0 spiro atoms. The summed E-state index contributed by atoms with van der Waals surface area (Å²) in [6.07, 6.45) is 0. The minimum absolute atomic E-state index is 0.347. The Morgan fingerprint density at radius 3 is 3.00 bits per heavy atom. The molecule has 2 rings (SSSR count). The van der Waals surface area contributed by atoms with Crippen LogP contribution in [0.15, 0.2) is 29.6 Å². The fourth-order valence-electron chi connectivity index (χ4n) is 1.46. The number of thiazole rings is 1. The zero-order valence-electron chi connectivity index (χ0n) is 10.2. The van der Waals surface area contributed by atoms with Crippen molar-refractivity contribution in [1.29, 1.82) is 0 Å². The average molecular weight is 263 g/mol. The predicted molar refractivity (Wildman–Crippen MR) is 70.1 cm³/mol. The maximum atomic E-state index is 11.5. The van der Waals surface area contributed by atoms with Gasteiger partial charge >= 0.3 is 5.97 Å². The summed E-state index contributed by atoms with van der Waals surface area (Å²) >= 11 is 1.41. The summed E-state index contributed by atoms with van der Waals surface area (Å²) in [6.45, 7) is 2.12.